The van der Waals surface area contributed by atoms with Gasteiger partial charge in [-0.2, -0.15) is 0 Å². The number of hydrogen-bond donors (Lipinski definition) is 4. The van der Waals surface area contributed by atoms with Crippen LogP contribution in [0, 0.1) is 4.64 Å². The minimum atomic E-state index is -3.91. The highest BCUT2D eigenvalue weighted by Gasteiger charge is 2.46. The molecule has 0 saturated carbocycles. The van der Waals surface area contributed by atoms with E-state index in [1.165, 1.54) is 10.9 Å². The van der Waals surface area contributed by atoms with Gasteiger partial charge < -0.3 is 30.2 Å². The number of nitrogens with two attached hydrogens (primary N) is 1. The minimum Gasteiger partial charge on any atom is -0.404 e. The number of nitrogens with zero attached hydrogens (tertiary/aromatic N) is 3. The van der Waals surface area contributed by atoms with Crippen molar-refractivity contribution in [2.24, 2.45) is 0 Å². The van der Waals surface area contributed by atoms with Crippen LogP contribution in [0.1, 0.15) is 11.8 Å². The Morgan fingerprint density at radius 1 is 1.35 bits per heavy atom. The van der Waals surface area contributed by atoms with Crippen LogP contribution in [-0.2, 0) is 25.0 Å². The largest absolute Gasteiger partial charge is 0.530 e. The van der Waals surface area contributed by atoms with Crippen molar-refractivity contribution in [2.45, 2.75) is 31.1 Å². The second kappa shape index (κ2) is 7.64. The maximum Gasteiger partial charge on any atom is 0.530 e. The van der Waals surface area contributed by atoms with Gasteiger partial charge in [0.15, 0.2) is 16.8 Å². The van der Waals surface area contributed by atoms with Crippen molar-refractivity contribution in [3.8, 4) is 5.75 Å². The van der Waals surface area contributed by atoms with Crippen LogP contribution in [0.3, 0.4) is 0 Å². The summed E-state index contributed by atoms with van der Waals surface area (Å²) in [4.78, 5) is 10.9. The van der Waals surface area contributed by atoms with Gasteiger partial charge in [0.25, 0.3) is 0 Å². The number of nitrogen functional groups attached to an aromatic ring is 1. The zero-order valence-corrected chi connectivity index (χ0v) is 17.5. The number of aliphatic hydroxyl groups excluding tert-OH is 2. The van der Waals surface area contributed by atoms with Crippen molar-refractivity contribution >= 4 is 37.2 Å². The van der Waals surface area contributed by atoms with E-state index in [9.17, 15) is 14.8 Å². The molecule has 0 aliphatic carbocycles. The van der Waals surface area contributed by atoms with Crippen molar-refractivity contribution in [1.82, 2.24) is 19.5 Å². The number of hydrogen-bond acceptors (Lipinski definition) is 11. The van der Waals surface area contributed by atoms with Crippen LogP contribution in [0.2, 0.25) is 0 Å². The molecule has 5 atom stereocenters. The summed E-state index contributed by atoms with van der Waals surface area (Å²) >= 11 is 5.14. The summed E-state index contributed by atoms with van der Waals surface area (Å²) < 4.78 is 36.2. The first-order valence-electron chi connectivity index (χ1n) is 9.25. The maximum absolute atomic E-state index is 12.8. The van der Waals surface area contributed by atoms with Gasteiger partial charge in [0.1, 0.15) is 35.2 Å². The van der Waals surface area contributed by atoms with Gasteiger partial charge in [-0.05, 0) is 6.07 Å². The molecular weight excluding hydrogens is 449 g/mol. The molecule has 0 bridgehead atoms. The Labute approximate surface area is 180 Å². The van der Waals surface area contributed by atoms with Crippen LogP contribution < -0.4 is 10.3 Å². The molecule has 164 valence electrons. The minimum absolute atomic E-state index is 0.0580. The lowest BCUT2D eigenvalue weighted by molar-refractivity contribution is -0.0516. The first-order chi connectivity index (χ1) is 14.8. The second-order valence-electron chi connectivity index (χ2n) is 7.04. The van der Waals surface area contributed by atoms with Gasteiger partial charge in [-0.15, -0.1) is 0 Å². The Morgan fingerprint density at radius 2 is 2.16 bits per heavy atom. The molecule has 3 aromatic rings. The normalized spacial score (nSPS) is 30.3. The number of phosphoric ester groups is 1. The Bertz CT molecular complexity index is 1250. The van der Waals surface area contributed by atoms with E-state index in [1.54, 1.807) is 18.2 Å². The van der Waals surface area contributed by atoms with Gasteiger partial charge in [0, 0.05) is 5.56 Å². The molecule has 1 unspecified atom stereocenters. The number of aliphatic hydroxyl groups is 2. The van der Waals surface area contributed by atoms with Crippen molar-refractivity contribution < 1.29 is 33.1 Å². The topological polar surface area (TPSA) is 167 Å². The molecule has 14 heteroatoms. The number of H-pyrrole nitrogens is 1. The van der Waals surface area contributed by atoms with E-state index in [0.29, 0.717) is 16.9 Å². The third-order valence-electron chi connectivity index (χ3n) is 5.03. The highest BCUT2D eigenvalue weighted by atomic mass is 32.1. The maximum atomic E-state index is 12.8. The van der Waals surface area contributed by atoms with Crippen molar-refractivity contribution in [3.05, 3.63) is 40.8 Å². The average molecular weight is 467 g/mol. The zero-order chi connectivity index (χ0) is 21.8. The zero-order valence-electron chi connectivity index (χ0n) is 15.8. The van der Waals surface area contributed by atoms with Crippen LogP contribution >= 0.6 is 20.0 Å². The molecule has 5 N–H and O–H groups in total. The second-order valence-corrected chi connectivity index (χ2v) is 9.02. The average Bonchev–Trinajstić information content (AvgIpc) is 3.28. The molecule has 2 aliphatic rings. The van der Waals surface area contributed by atoms with Gasteiger partial charge in [0.05, 0.1) is 19.5 Å². The fourth-order valence-electron chi connectivity index (χ4n) is 3.48. The number of nitrogens with one attached hydrogen (secondary N) is 1. The van der Waals surface area contributed by atoms with Gasteiger partial charge in [-0.3, -0.25) is 13.6 Å². The molecular formula is C17H18N5O7PS. The number of imidazole rings is 1. The van der Waals surface area contributed by atoms with E-state index in [1.807, 2.05) is 6.07 Å². The van der Waals surface area contributed by atoms with E-state index in [-0.39, 0.29) is 23.8 Å². The fraction of sp³-hybridized carbons (Fsp3) is 0.353. The Hall–Kier alpha value is -2.38. The molecule has 2 aromatic heterocycles. The SMILES string of the molecule is Nc1nc(=S)c2ncn([C@@H]3O[C@H](COP4(=O)OCc5ccccc5O4)[C@@H](O)[C@H]3O)c2[nH]1. The predicted molar refractivity (Wildman–Crippen MR) is 108 cm³/mol. The lowest BCUT2D eigenvalue weighted by Crippen LogP contribution is -2.34. The van der Waals surface area contributed by atoms with E-state index in [2.05, 4.69) is 15.0 Å². The van der Waals surface area contributed by atoms with Crippen LogP contribution in [0.25, 0.3) is 11.2 Å². The number of rotatable bonds is 4. The molecule has 4 heterocycles. The molecule has 1 fully saturated rings. The van der Waals surface area contributed by atoms with Crippen LogP contribution in [-0.4, -0.2) is 54.7 Å². The fourth-order valence-corrected chi connectivity index (χ4v) is 4.95. The Kier molecular flexibility index (Phi) is 5.06. The molecule has 0 amide bonds. The Balaban J connectivity index is 1.33. The summed E-state index contributed by atoms with van der Waals surface area (Å²) in [6.45, 7) is -0.289. The van der Waals surface area contributed by atoms with Crippen molar-refractivity contribution in [3.63, 3.8) is 0 Å². The number of ether oxygens (including phenoxy) is 1. The standard InChI is InChI=1S/C17H18N5O7PS/c18-17-20-14-11(15(31)21-17)19-7-22(14)16-13(24)12(23)10(28-16)6-27-30(25)26-5-8-3-1-2-4-9(8)29-30/h1-4,7,10,12-13,16,23-24H,5-6H2,(H3,18,20,21,31)/t10-,12-,13-,16-,30?/m1/s1. The smallest absolute Gasteiger partial charge is 0.404 e. The van der Waals surface area contributed by atoms with E-state index in [0.717, 1.165) is 5.56 Å². The van der Waals surface area contributed by atoms with E-state index < -0.39 is 32.4 Å². The summed E-state index contributed by atoms with van der Waals surface area (Å²) in [5, 5.41) is 21.0. The first kappa shape index (κ1) is 20.5. The lowest BCUT2D eigenvalue weighted by Gasteiger charge is -2.25. The first-order valence-corrected chi connectivity index (χ1v) is 11.1. The monoisotopic (exact) mass is 467 g/mol. The van der Waals surface area contributed by atoms with Crippen molar-refractivity contribution in [1.29, 1.82) is 0 Å². The van der Waals surface area contributed by atoms with Crippen molar-refractivity contribution in [2.75, 3.05) is 12.3 Å². The van der Waals surface area contributed by atoms with Gasteiger partial charge >= 0.3 is 7.82 Å². The third-order valence-corrected chi connectivity index (χ3v) is 6.65. The van der Waals surface area contributed by atoms with Crippen LogP contribution in [0.4, 0.5) is 5.95 Å². The molecule has 1 aromatic carbocycles. The molecule has 1 saturated heterocycles. The molecule has 31 heavy (non-hydrogen) atoms. The molecule has 0 spiro atoms. The highest BCUT2D eigenvalue weighted by Crippen LogP contribution is 2.54. The number of para-hydroxylation sites is 1. The number of aromatic amines is 1. The summed E-state index contributed by atoms with van der Waals surface area (Å²) in [6, 6.07) is 6.99. The highest BCUT2D eigenvalue weighted by molar-refractivity contribution is 7.71. The summed E-state index contributed by atoms with van der Waals surface area (Å²) in [5.41, 5.74) is 7.19. The van der Waals surface area contributed by atoms with E-state index in [4.69, 9.17) is 36.3 Å². The number of phosphoric acid groups is 1. The number of anilines is 1. The van der Waals surface area contributed by atoms with Crippen LogP contribution in [0.5, 0.6) is 5.75 Å². The van der Waals surface area contributed by atoms with E-state index >= 15 is 0 Å². The van der Waals surface area contributed by atoms with Gasteiger partial charge in [-0.25, -0.2) is 14.5 Å². The Morgan fingerprint density at radius 3 is 3.00 bits per heavy atom. The summed E-state index contributed by atoms with van der Waals surface area (Å²) in [6.07, 6.45) is -3.34. The molecule has 12 nitrogen and oxygen atoms in total. The summed E-state index contributed by atoms with van der Waals surface area (Å²) in [7, 11) is -3.91. The molecule has 0 radical (unpaired) electrons. The van der Waals surface area contributed by atoms with Gasteiger partial charge in [-0.1, -0.05) is 30.4 Å². The third kappa shape index (κ3) is 3.64. The quantitative estimate of drug-likeness (QED) is 0.324. The number of benzene rings is 1. The predicted octanol–water partition coefficient (Wildman–Crippen LogP) is 1.42. The van der Waals surface area contributed by atoms with Gasteiger partial charge in [0.2, 0.25) is 0 Å². The lowest BCUT2D eigenvalue weighted by atomic mass is 10.1. The van der Waals surface area contributed by atoms with Crippen LogP contribution in [0.15, 0.2) is 30.6 Å². The molecule has 5 rings (SSSR count). The molecule has 2 aliphatic heterocycles. The number of aromatic nitrogens is 4. The number of fused-ring (bicyclic) bond motifs is 2. The summed E-state index contributed by atoms with van der Waals surface area (Å²) in [5.74, 6) is 0.464.